The molecule has 1 aliphatic heterocycles. The summed E-state index contributed by atoms with van der Waals surface area (Å²) in [7, 11) is 0. The van der Waals surface area contributed by atoms with E-state index in [4.69, 9.17) is 10.5 Å². The summed E-state index contributed by atoms with van der Waals surface area (Å²) in [6.07, 6.45) is 6.48. The maximum atomic E-state index is 10.6. The van der Waals surface area contributed by atoms with Gasteiger partial charge in [0.1, 0.15) is 6.61 Å². The highest BCUT2D eigenvalue weighted by atomic mass is 16.5. The lowest BCUT2D eigenvalue weighted by molar-refractivity contribution is -0.123. The Bertz CT molecular complexity index is 229. The minimum absolute atomic E-state index is 0.0645. The molecule has 1 atom stereocenters. The topological polar surface area (TPSA) is 55.6 Å². The molecule has 4 heteroatoms. The molecule has 1 amide bonds. The highest BCUT2D eigenvalue weighted by molar-refractivity contribution is 5.74. The summed E-state index contributed by atoms with van der Waals surface area (Å²) in [6, 6.07) is 1.32. The van der Waals surface area contributed by atoms with Crippen LogP contribution in [0, 0.1) is 0 Å². The summed E-state index contributed by atoms with van der Waals surface area (Å²) in [4.78, 5) is 13.1. The van der Waals surface area contributed by atoms with Crippen LogP contribution in [0.5, 0.6) is 0 Å². The van der Waals surface area contributed by atoms with Crippen LogP contribution in [0.3, 0.4) is 0 Å². The molecule has 2 rings (SSSR count). The molecule has 1 saturated heterocycles. The van der Waals surface area contributed by atoms with Gasteiger partial charge in [-0.2, -0.15) is 0 Å². The van der Waals surface area contributed by atoms with Gasteiger partial charge in [0.2, 0.25) is 5.91 Å². The summed E-state index contributed by atoms with van der Waals surface area (Å²) in [5.74, 6) is -0.371. The number of likely N-dealkylation sites (tertiary alicyclic amines) is 1. The van der Waals surface area contributed by atoms with Crippen LogP contribution in [-0.4, -0.2) is 42.6 Å². The molecule has 2 fully saturated rings. The number of ether oxygens (including phenoxy) is 1. The van der Waals surface area contributed by atoms with Gasteiger partial charge >= 0.3 is 0 Å². The van der Waals surface area contributed by atoms with Crippen molar-refractivity contribution in [1.29, 1.82) is 0 Å². The number of hydrogen-bond acceptors (Lipinski definition) is 3. The van der Waals surface area contributed by atoms with Crippen LogP contribution < -0.4 is 5.73 Å². The lowest BCUT2D eigenvalue weighted by Crippen LogP contribution is -2.44. The van der Waals surface area contributed by atoms with Gasteiger partial charge in [0.25, 0.3) is 0 Å². The lowest BCUT2D eigenvalue weighted by atomic mass is 10.0. The first kappa shape index (κ1) is 10.9. The second-order valence-electron chi connectivity index (χ2n) is 4.60. The molecule has 1 unspecified atom stereocenters. The van der Waals surface area contributed by atoms with Crippen LogP contribution in [0.15, 0.2) is 0 Å². The van der Waals surface area contributed by atoms with Gasteiger partial charge in [0.15, 0.2) is 0 Å². The average molecular weight is 212 g/mol. The van der Waals surface area contributed by atoms with E-state index < -0.39 is 0 Å². The third-order valence-corrected chi connectivity index (χ3v) is 3.24. The Morgan fingerprint density at radius 3 is 2.80 bits per heavy atom. The first-order valence-electron chi connectivity index (χ1n) is 5.89. The smallest absolute Gasteiger partial charge is 0.243 e. The van der Waals surface area contributed by atoms with Gasteiger partial charge in [-0.15, -0.1) is 0 Å². The predicted octanol–water partition coefficient (Wildman–Crippen LogP) is 0.505. The van der Waals surface area contributed by atoms with Gasteiger partial charge in [-0.25, -0.2) is 0 Å². The number of primary amides is 1. The summed E-state index contributed by atoms with van der Waals surface area (Å²) in [6.45, 7) is 1.93. The predicted molar refractivity (Wildman–Crippen MR) is 57.4 cm³/mol. The van der Waals surface area contributed by atoms with Gasteiger partial charge in [-0.3, -0.25) is 9.69 Å². The minimum Gasteiger partial charge on any atom is -0.370 e. The van der Waals surface area contributed by atoms with Gasteiger partial charge < -0.3 is 10.5 Å². The number of piperidine rings is 1. The first-order valence-corrected chi connectivity index (χ1v) is 5.89. The van der Waals surface area contributed by atoms with Crippen LogP contribution in [-0.2, 0) is 9.53 Å². The van der Waals surface area contributed by atoms with E-state index in [2.05, 4.69) is 4.90 Å². The molecule has 2 N–H and O–H groups in total. The Kier molecular flexibility index (Phi) is 3.59. The number of nitrogens with two attached hydrogens (primary N) is 1. The van der Waals surface area contributed by atoms with E-state index in [0.29, 0.717) is 12.6 Å². The van der Waals surface area contributed by atoms with Crippen molar-refractivity contribution in [1.82, 2.24) is 4.90 Å². The number of carbonyl (C=O) groups excluding carboxylic acids is 1. The monoisotopic (exact) mass is 212 g/mol. The molecule has 86 valence electrons. The van der Waals surface area contributed by atoms with Crippen molar-refractivity contribution in [3.8, 4) is 0 Å². The molecule has 1 saturated carbocycles. The summed E-state index contributed by atoms with van der Waals surface area (Å²) in [5.41, 5.74) is 5.04. The average Bonchev–Trinajstić information content (AvgIpc) is 3.01. The fourth-order valence-corrected chi connectivity index (χ4v) is 2.38. The van der Waals surface area contributed by atoms with Crippen molar-refractivity contribution in [3.63, 3.8) is 0 Å². The number of nitrogens with zero attached hydrogens (tertiary/aromatic N) is 1. The van der Waals surface area contributed by atoms with Crippen molar-refractivity contribution in [2.45, 2.75) is 44.2 Å². The summed E-state index contributed by atoms with van der Waals surface area (Å²) >= 11 is 0. The van der Waals surface area contributed by atoms with Gasteiger partial charge in [-0.05, 0) is 32.2 Å². The Balaban J connectivity index is 1.74. The molecule has 4 nitrogen and oxygen atoms in total. The standard InChI is InChI=1S/C11H20N2O2/c12-11(14)8-15-7-10-3-1-2-6-13(10)9-4-5-9/h9-10H,1-8H2,(H2,12,14). The minimum atomic E-state index is -0.371. The normalized spacial score (nSPS) is 27.9. The van der Waals surface area contributed by atoms with Crippen molar-refractivity contribution >= 4 is 5.91 Å². The van der Waals surface area contributed by atoms with E-state index in [1.165, 1.54) is 38.6 Å². The molecule has 15 heavy (non-hydrogen) atoms. The van der Waals surface area contributed by atoms with E-state index >= 15 is 0 Å². The van der Waals surface area contributed by atoms with Gasteiger partial charge in [0, 0.05) is 12.1 Å². The highest BCUT2D eigenvalue weighted by Crippen LogP contribution is 2.32. The number of carbonyl (C=O) groups is 1. The lowest BCUT2D eigenvalue weighted by Gasteiger charge is -2.35. The van der Waals surface area contributed by atoms with Crippen molar-refractivity contribution in [2.24, 2.45) is 5.73 Å². The second kappa shape index (κ2) is 4.94. The van der Waals surface area contributed by atoms with E-state index in [9.17, 15) is 4.79 Å². The Morgan fingerprint density at radius 2 is 2.13 bits per heavy atom. The molecule has 0 aromatic heterocycles. The fraction of sp³-hybridized carbons (Fsp3) is 0.909. The largest absolute Gasteiger partial charge is 0.370 e. The third kappa shape index (κ3) is 3.18. The summed E-state index contributed by atoms with van der Waals surface area (Å²) in [5, 5.41) is 0. The SMILES string of the molecule is NC(=O)COCC1CCCCN1C1CC1. The number of rotatable bonds is 5. The van der Waals surface area contributed by atoms with Crippen LogP contribution in [0.2, 0.25) is 0 Å². The van der Waals surface area contributed by atoms with Crippen LogP contribution in [0.1, 0.15) is 32.1 Å². The Labute approximate surface area is 90.8 Å². The zero-order chi connectivity index (χ0) is 10.7. The number of hydrogen-bond donors (Lipinski definition) is 1. The zero-order valence-electron chi connectivity index (χ0n) is 9.15. The van der Waals surface area contributed by atoms with Crippen molar-refractivity contribution in [2.75, 3.05) is 19.8 Å². The zero-order valence-corrected chi connectivity index (χ0v) is 9.15. The highest BCUT2D eigenvalue weighted by Gasteiger charge is 2.35. The molecule has 0 spiro atoms. The molecule has 1 heterocycles. The van der Waals surface area contributed by atoms with Crippen molar-refractivity contribution < 1.29 is 9.53 Å². The van der Waals surface area contributed by atoms with E-state index in [1.807, 2.05) is 0 Å². The quantitative estimate of drug-likeness (QED) is 0.722. The second-order valence-corrected chi connectivity index (χ2v) is 4.60. The molecule has 0 bridgehead atoms. The maximum Gasteiger partial charge on any atom is 0.243 e. The molecule has 0 aromatic rings. The van der Waals surface area contributed by atoms with Crippen LogP contribution in [0.25, 0.3) is 0 Å². The van der Waals surface area contributed by atoms with Gasteiger partial charge in [0.05, 0.1) is 6.61 Å². The van der Waals surface area contributed by atoms with Crippen molar-refractivity contribution in [3.05, 3.63) is 0 Å². The molecule has 1 aliphatic carbocycles. The van der Waals surface area contributed by atoms with Gasteiger partial charge in [-0.1, -0.05) is 6.42 Å². The fourth-order valence-electron chi connectivity index (χ4n) is 2.38. The third-order valence-electron chi connectivity index (χ3n) is 3.24. The molecular weight excluding hydrogens is 192 g/mol. The van der Waals surface area contributed by atoms with Crippen LogP contribution >= 0.6 is 0 Å². The first-order chi connectivity index (χ1) is 7.27. The Hall–Kier alpha value is -0.610. The molecule has 2 aliphatic rings. The van der Waals surface area contributed by atoms with Crippen LogP contribution in [0.4, 0.5) is 0 Å². The molecule has 0 aromatic carbocycles. The van der Waals surface area contributed by atoms with E-state index in [0.717, 1.165) is 6.04 Å². The number of amides is 1. The molecular formula is C11H20N2O2. The summed E-state index contributed by atoms with van der Waals surface area (Å²) < 4.78 is 5.33. The maximum absolute atomic E-state index is 10.6. The van der Waals surface area contributed by atoms with E-state index in [1.54, 1.807) is 0 Å². The Morgan fingerprint density at radius 1 is 1.33 bits per heavy atom. The van der Waals surface area contributed by atoms with E-state index in [-0.39, 0.29) is 12.5 Å². The molecule has 0 radical (unpaired) electrons.